The lowest BCUT2D eigenvalue weighted by molar-refractivity contribution is 0.0701. The molecule has 0 bridgehead atoms. The summed E-state index contributed by atoms with van der Waals surface area (Å²) < 4.78 is 33.0. The van der Waals surface area contributed by atoms with Crippen LogP contribution >= 0.6 is 0 Å². The Morgan fingerprint density at radius 3 is 2.67 bits per heavy atom. The molecule has 0 saturated carbocycles. The van der Waals surface area contributed by atoms with E-state index in [1.807, 2.05) is 12.1 Å². The van der Waals surface area contributed by atoms with Gasteiger partial charge in [0.05, 0.1) is 25.5 Å². The van der Waals surface area contributed by atoms with Crippen LogP contribution in [0.3, 0.4) is 0 Å². The number of hydrogen-bond donors (Lipinski definition) is 0. The van der Waals surface area contributed by atoms with E-state index in [2.05, 4.69) is 4.98 Å². The van der Waals surface area contributed by atoms with Gasteiger partial charge in [-0.25, -0.2) is 0 Å². The van der Waals surface area contributed by atoms with Crippen molar-refractivity contribution in [3.05, 3.63) is 29.6 Å². The summed E-state index contributed by atoms with van der Waals surface area (Å²) in [4.78, 5) is 4.22. The first-order valence-corrected chi connectivity index (χ1v) is 7.33. The first kappa shape index (κ1) is 12.0. The summed E-state index contributed by atoms with van der Waals surface area (Å²) in [6.45, 7) is 2.60. The van der Waals surface area contributed by atoms with E-state index in [0.29, 0.717) is 39.4 Å². The van der Waals surface area contributed by atoms with Crippen molar-refractivity contribution < 1.29 is 13.2 Å². The highest BCUT2D eigenvalue weighted by Gasteiger charge is 2.35. The maximum absolute atomic E-state index is 12.4. The molecule has 0 unspecified atom stereocenters. The molecule has 98 valence electrons. The summed E-state index contributed by atoms with van der Waals surface area (Å²) in [6, 6.07) is 3.76. The summed E-state index contributed by atoms with van der Waals surface area (Å²) in [5, 5.41) is 0. The van der Waals surface area contributed by atoms with Gasteiger partial charge in [-0.15, -0.1) is 0 Å². The molecule has 0 aromatic carbocycles. The molecule has 0 radical (unpaired) electrons. The highest BCUT2D eigenvalue weighted by atomic mass is 32.2. The van der Waals surface area contributed by atoms with Crippen molar-refractivity contribution in [2.75, 3.05) is 26.3 Å². The Kier molecular flexibility index (Phi) is 3.06. The Labute approximate surface area is 106 Å². The highest BCUT2D eigenvalue weighted by molar-refractivity contribution is 7.86. The normalized spacial score (nSPS) is 22.0. The van der Waals surface area contributed by atoms with Crippen LogP contribution in [0.1, 0.15) is 11.3 Å². The summed E-state index contributed by atoms with van der Waals surface area (Å²) in [5.41, 5.74) is 1.85. The summed E-state index contributed by atoms with van der Waals surface area (Å²) in [7, 11) is -3.38. The largest absolute Gasteiger partial charge is 0.379 e. The zero-order chi connectivity index (χ0) is 12.6. The quantitative estimate of drug-likeness (QED) is 0.756. The van der Waals surface area contributed by atoms with E-state index in [4.69, 9.17) is 4.74 Å². The van der Waals surface area contributed by atoms with Gasteiger partial charge in [0.15, 0.2) is 0 Å². The van der Waals surface area contributed by atoms with E-state index in [9.17, 15) is 8.42 Å². The Balaban J connectivity index is 1.80. The molecule has 1 fully saturated rings. The molecule has 1 saturated heterocycles. The fourth-order valence-corrected chi connectivity index (χ4v) is 3.80. The van der Waals surface area contributed by atoms with E-state index in [-0.39, 0.29) is 0 Å². The zero-order valence-electron chi connectivity index (χ0n) is 9.95. The molecule has 3 rings (SSSR count). The average molecular weight is 269 g/mol. The number of nitrogens with zero attached hydrogens (tertiary/aromatic N) is 3. The maximum Gasteiger partial charge on any atom is 0.282 e. The molecule has 2 aliphatic rings. The van der Waals surface area contributed by atoms with E-state index in [1.165, 1.54) is 8.61 Å². The van der Waals surface area contributed by atoms with Crippen LogP contribution in [0, 0.1) is 0 Å². The van der Waals surface area contributed by atoms with E-state index in [1.54, 1.807) is 6.20 Å². The second-order valence-corrected chi connectivity index (χ2v) is 6.32. The fourth-order valence-electron chi connectivity index (χ4n) is 2.27. The minimum atomic E-state index is -3.38. The van der Waals surface area contributed by atoms with Crippen molar-refractivity contribution >= 4 is 10.2 Å². The molecule has 0 amide bonds. The van der Waals surface area contributed by atoms with Gasteiger partial charge < -0.3 is 4.74 Å². The van der Waals surface area contributed by atoms with Crippen LogP contribution in [0.2, 0.25) is 0 Å². The molecule has 0 aliphatic carbocycles. The molecular weight excluding hydrogens is 254 g/mol. The fraction of sp³-hybridized carbons (Fsp3) is 0.545. The molecule has 0 N–H and O–H groups in total. The van der Waals surface area contributed by atoms with Crippen LogP contribution in [0.4, 0.5) is 0 Å². The number of fused-ring (bicyclic) bond motifs is 1. The molecule has 7 heteroatoms. The topological polar surface area (TPSA) is 62.7 Å². The van der Waals surface area contributed by atoms with Crippen molar-refractivity contribution in [3.8, 4) is 0 Å². The molecule has 0 atom stereocenters. The molecule has 1 aromatic rings. The van der Waals surface area contributed by atoms with Crippen LogP contribution < -0.4 is 0 Å². The Morgan fingerprint density at radius 2 is 1.94 bits per heavy atom. The monoisotopic (exact) mass is 269 g/mol. The predicted octanol–water partition coefficient (Wildman–Crippen LogP) is -0.0258. The van der Waals surface area contributed by atoms with Crippen LogP contribution in [-0.2, 0) is 28.0 Å². The second kappa shape index (κ2) is 4.58. The molecule has 3 heterocycles. The second-order valence-electron chi connectivity index (χ2n) is 4.40. The maximum atomic E-state index is 12.4. The average Bonchev–Trinajstić information content (AvgIpc) is 2.84. The molecule has 6 nitrogen and oxygen atoms in total. The Morgan fingerprint density at radius 1 is 1.17 bits per heavy atom. The first-order chi connectivity index (χ1) is 8.68. The van der Waals surface area contributed by atoms with Crippen LogP contribution in [0.5, 0.6) is 0 Å². The third-order valence-corrected chi connectivity index (χ3v) is 5.21. The number of pyridine rings is 1. The lowest BCUT2D eigenvalue weighted by atomic mass is 10.2. The predicted molar refractivity (Wildman–Crippen MR) is 64.8 cm³/mol. The summed E-state index contributed by atoms with van der Waals surface area (Å²) in [6.07, 6.45) is 1.70. The van der Waals surface area contributed by atoms with Gasteiger partial charge in [0.2, 0.25) is 0 Å². The lowest BCUT2D eigenvalue weighted by Crippen LogP contribution is -2.46. The van der Waals surface area contributed by atoms with Gasteiger partial charge >= 0.3 is 0 Å². The van der Waals surface area contributed by atoms with Gasteiger partial charge in [0.1, 0.15) is 0 Å². The molecule has 0 spiro atoms. The minimum Gasteiger partial charge on any atom is -0.379 e. The molecular formula is C11H15N3O3S. The summed E-state index contributed by atoms with van der Waals surface area (Å²) in [5.74, 6) is 0. The zero-order valence-corrected chi connectivity index (χ0v) is 10.8. The number of morpholine rings is 1. The Hall–Kier alpha value is -1.02. The third-order valence-electron chi connectivity index (χ3n) is 3.28. The van der Waals surface area contributed by atoms with Gasteiger partial charge in [-0.05, 0) is 11.6 Å². The van der Waals surface area contributed by atoms with Gasteiger partial charge in [-0.2, -0.15) is 17.0 Å². The number of hydrogen-bond acceptors (Lipinski definition) is 4. The van der Waals surface area contributed by atoms with Gasteiger partial charge in [0, 0.05) is 25.8 Å². The van der Waals surface area contributed by atoms with Crippen molar-refractivity contribution in [2.45, 2.75) is 13.1 Å². The van der Waals surface area contributed by atoms with E-state index in [0.717, 1.165) is 11.3 Å². The minimum absolute atomic E-state index is 0.371. The van der Waals surface area contributed by atoms with Crippen molar-refractivity contribution in [1.82, 2.24) is 13.6 Å². The van der Waals surface area contributed by atoms with E-state index >= 15 is 0 Å². The molecule has 1 aromatic heterocycles. The van der Waals surface area contributed by atoms with Gasteiger partial charge in [-0.1, -0.05) is 6.07 Å². The van der Waals surface area contributed by atoms with Gasteiger partial charge in [-0.3, -0.25) is 4.98 Å². The lowest BCUT2D eigenvalue weighted by Gasteiger charge is -2.29. The smallest absolute Gasteiger partial charge is 0.282 e. The highest BCUT2D eigenvalue weighted by Crippen LogP contribution is 2.25. The standard InChI is InChI=1S/C11H15N3O3S/c15-18(16,13-4-6-17-7-5-13)14-8-10-2-1-3-12-11(10)9-14/h1-3H,4-9H2. The van der Waals surface area contributed by atoms with Crippen LogP contribution in [0.25, 0.3) is 0 Å². The van der Waals surface area contributed by atoms with E-state index < -0.39 is 10.2 Å². The molecule has 18 heavy (non-hydrogen) atoms. The van der Waals surface area contributed by atoms with Crippen LogP contribution in [0.15, 0.2) is 18.3 Å². The third kappa shape index (κ3) is 2.03. The van der Waals surface area contributed by atoms with Gasteiger partial charge in [0.25, 0.3) is 10.2 Å². The SMILES string of the molecule is O=S(=O)(N1CCOCC1)N1Cc2cccnc2C1. The number of ether oxygens (including phenoxy) is 1. The molecule has 2 aliphatic heterocycles. The van der Waals surface area contributed by atoms with Crippen molar-refractivity contribution in [3.63, 3.8) is 0 Å². The number of aromatic nitrogens is 1. The summed E-state index contributed by atoms with van der Waals surface area (Å²) >= 11 is 0. The first-order valence-electron chi connectivity index (χ1n) is 5.93. The number of rotatable bonds is 2. The van der Waals surface area contributed by atoms with Crippen molar-refractivity contribution in [2.24, 2.45) is 0 Å². The van der Waals surface area contributed by atoms with Crippen molar-refractivity contribution in [1.29, 1.82) is 0 Å². The Bertz CT molecular complexity index is 515. The van der Waals surface area contributed by atoms with Crippen LogP contribution in [-0.4, -0.2) is 48.3 Å².